The third kappa shape index (κ3) is 4.23. The number of carbonyl (C=O) groups is 1. The average molecular weight is 354 g/mol. The van der Waals surface area contributed by atoms with Crippen molar-refractivity contribution >= 4 is 17.0 Å². The zero-order chi connectivity index (χ0) is 18.5. The van der Waals surface area contributed by atoms with Crippen molar-refractivity contribution in [3.05, 3.63) is 30.2 Å². The van der Waals surface area contributed by atoms with Gasteiger partial charge < -0.3 is 9.32 Å². The van der Waals surface area contributed by atoms with Crippen LogP contribution in [0.15, 0.2) is 28.7 Å². The zero-order valence-electron chi connectivity index (χ0n) is 15.5. The molecule has 0 radical (unpaired) electrons. The average Bonchev–Trinajstić information content (AvgIpc) is 3.10. The molecule has 1 aliphatic rings. The van der Waals surface area contributed by atoms with Gasteiger partial charge in [-0.3, -0.25) is 9.69 Å². The van der Waals surface area contributed by atoms with Gasteiger partial charge in [-0.2, -0.15) is 5.26 Å². The number of likely N-dealkylation sites (tertiary alicyclic amines) is 1. The summed E-state index contributed by atoms with van der Waals surface area (Å²) in [7, 11) is 0. The lowest BCUT2D eigenvalue weighted by Gasteiger charge is -2.32. The number of carbonyl (C=O) groups excluding carboxylic acids is 1. The summed E-state index contributed by atoms with van der Waals surface area (Å²) in [6.45, 7) is 7.02. The van der Waals surface area contributed by atoms with Gasteiger partial charge in [0.15, 0.2) is 11.5 Å². The number of aromatic nitrogens is 1. The van der Waals surface area contributed by atoms with Gasteiger partial charge in [-0.25, -0.2) is 4.98 Å². The van der Waals surface area contributed by atoms with E-state index in [9.17, 15) is 4.79 Å². The van der Waals surface area contributed by atoms with Crippen LogP contribution in [0.2, 0.25) is 0 Å². The van der Waals surface area contributed by atoms with Gasteiger partial charge in [-0.05, 0) is 45.4 Å². The van der Waals surface area contributed by atoms with Gasteiger partial charge in [0.1, 0.15) is 5.52 Å². The molecule has 1 amide bonds. The maximum atomic E-state index is 12.6. The summed E-state index contributed by atoms with van der Waals surface area (Å²) >= 11 is 0. The molecule has 2 aromatic rings. The Morgan fingerprint density at radius 1 is 1.50 bits per heavy atom. The highest BCUT2D eigenvalue weighted by atomic mass is 16.3. The van der Waals surface area contributed by atoms with E-state index in [4.69, 9.17) is 9.68 Å². The van der Waals surface area contributed by atoms with E-state index in [1.54, 1.807) is 4.90 Å². The zero-order valence-corrected chi connectivity index (χ0v) is 15.5. The van der Waals surface area contributed by atoms with Crippen LogP contribution in [-0.4, -0.2) is 53.4 Å². The Bertz CT molecular complexity index is 761. The van der Waals surface area contributed by atoms with Crippen LogP contribution in [0, 0.1) is 17.2 Å². The van der Waals surface area contributed by atoms with E-state index in [0.717, 1.165) is 42.9 Å². The SMILES string of the molecule is CCN(CC(C)C#N)C(=O)CN1CCCC(c2nc3ccccc3o2)C1. The lowest BCUT2D eigenvalue weighted by molar-refractivity contribution is -0.132. The summed E-state index contributed by atoms with van der Waals surface area (Å²) in [5.74, 6) is 0.937. The summed E-state index contributed by atoms with van der Waals surface area (Å²) in [5.41, 5.74) is 1.71. The fraction of sp³-hybridized carbons (Fsp3) is 0.550. The molecule has 26 heavy (non-hydrogen) atoms. The number of nitriles is 1. The summed E-state index contributed by atoms with van der Waals surface area (Å²) in [5, 5.41) is 8.99. The molecule has 3 rings (SSSR count). The molecule has 6 nitrogen and oxygen atoms in total. The molecule has 6 heteroatoms. The molecule has 0 aliphatic carbocycles. The van der Waals surface area contributed by atoms with Crippen molar-refractivity contribution in [3.63, 3.8) is 0 Å². The molecular weight excluding hydrogens is 328 g/mol. The van der Waals surface area contributed by atoms with Crippen LogP contribution in [-0.2, 0) is 4.79 Å². The van der Waals surface area contributed by atoms with E-state index < -0.39 is 0 Å². The highest BCUT2D eigenvalue weighted by Gasteiger charge is 2.27. The molecule has 1 aromatic heterocycles. The van der Waals surface area contributed by atoms with Crippen LogP contribution in [0.3, 0.4) is 0 Å². The molecule has 0 saturated carbocycles. The first-order valence-electron chi connectivity index (χ1n) is 9.36. The van der Waals surface area contributed by atoms with E-state index in [-0.39, 0.29) is 17.7 Å². The highest BCUT2D eigenvalue weighted by Crippen LogP contribution is 2.28. The number of piperidine rings is 1. The molecule has 2 unspecified atom stereocenters. The maximum absolute atomic E-state index is 12.6. The number of nitrogens with zero attached hydrogens (tertiary/aromatic N) is 4. The van der Waals surface area contributed by atoms with E-state index in [1.807, 2.05) is 38.1 Å². The van der Waals surface area contributed by atoms with E-state index in [0.29, 0.717) is 19.6 Å². The van der Waals surface area contributed by atoms with E-state index in [2.05, 4.69) is 16.0 Å². The molecule has 1 fully saturated rings. The predicted molar refractivity (Wildman–Crippen MR) is 99.5 cm³/mol. The molecule has 0 N–H and O–H groups in total. The molecular formula is C20H26N4O2. The van der Waals surface area contributed by atoms with Crippen LogP contribution in [0.1, 0.15) is 38.5 Å². The second-order valence-corrected chi connectivity index (χ2v) is 7.06. The second-order valence-electron chi connectivity index (χ2n) is 7.06. The monoisotopic (exact) mass is 354 g/mol. The fourth-order valence-electron chi connectivity index (χ4n) is 3.54. The Morgan fingerprint density at radius 3 is 3.04 bits per heavy atom. The number of likely N-dealkylation sites (N-methyl/N-ethyl adjacent to an activating group) is 1. The summed E-state index contributed by atoms with van der Waals surface area (Å²) in [4.78, 5) is 21.2. The number of para-hydroxylation sites is 2. The van der Waals surface area contributed by atoms with E-state index in [1.165, 1.54) is 0 Å². The van der Waals surface area contributed by atoms with Crippen LogP contribution < -0.4 is 0 Å². The first kappa shape index (κ1) is 18.4. The highest BCUT2D eigenvalue weighted by molar-refractivity contribution is 5.78. The van der Waals surface area contributed by atoms with Gasteiger partial charge in [0, 0.05) is 25.6 Å². The van der Waals surface area contributed by atoms with Crippen molar-refractivity contribution in [1.29, 1.82) is 5.26 Å². The van der Waals surface area contributed by atoms with Crippen molar-refractivity contribution in [2.24, 2.45) is 5.92 Å². The number of amides is 1. The van der Waals surface area contributed by atoms with Gasteiger partial charge in [-0.1, -0.05) is 12.1 Å². The van der Waals surface area contributed by atoms with Gasteiger partial charge in [-0.15, -0.1) is 0 Å². The van der Waals surface area contributed by atoms with Crippen molar-refractivity contribution in [2.45, 2.75) is 32.6 Å². The molecule has 1 aliphatic heterocycles. The molecule has 2 atom stereocenters. The van der Waals surface area contributed by atoms with Crippen molar-refractivity contribution in [2.75, 3.05) is 32.7 Å². The van der Waals surface area contributed by atoms with Gasteiger partial charge >= 0.3 is 0 Å². The minimum atomic E-state index is -0.146. The van der Waals surface area contributed by atoms with Crippen LogP contribution in [0.4, 0.5) is 0 Å². The maximum Gasteiger partial charge on any atom is 0.236 e. The Labute approximate surface area is 154 Å². The predicted octanol–water partition coefficient (Wildman–Crippen LogP) is 3.02. The molecule has 138 valence electrons. The first-order valence-corrected chi connectivity index (χ1v) is 9.36. The second kappa shape index (κ2) is 8.33. The number of benzene rings is 1. The summed E-state index contributed by atoms with van der Waals surface area (Å²) < 4.78 is 5.93. The number of hydrogen-bond acceptors (Lipinski definition) is 5. The van der Waals surface area contributed by atoms with Gasteiger partial charge in [0.25, 0.3) is 0 Å². The minimum absolute atomic E-state index is 0.0906. The molecule has 0 bridgehead atoms. The number of oxazole rings is 1. The van der Waals surface area contributed by atoms with Crippen LogP contribution in [0.5, 0.6) is 0 Å². The Morgan fingerprint density at radius 2 is 2.31 bits per heavy atom. The Kier molecular flexibility index (Phi) is 5.89. The lowest BCUT2D eigenvalue weighted by Crippen LogP contribution is -2.44. The first-order chi connectivity index (χ1) is 12.6. The normalized spacial score (nSPS) is 19.2. The molecule has 1 aromatic carbocycles. The Balaban J connectivity index is 1.62. The smallest absolute Gasteiger partial charge is 0.236 e. The lowest BCUT2D eigenvalue weighted by atomic mass is 9.98. The summed E-state index contributed by atoms with van der Waals surface area (Å²) in [6, 6.07) is 10.0. The minimum Gasteiger partial charge on any atom is -0.440 e. The number of hydrogen-bond donors (Lipinski definition) is 0. The molecule has 2 heterocycles. The Hall–Kier alpha value is -2.39. The van der Waals surface area contributed by atoms with Crippen LogP contribution >= 0.6 is 0 Å². The third-order valence-corrected chi connectivity index (χ3v) is 4.97. The van der Waals surface area contributed by atoms with Crippen molar-refractivity contribution < 1.29 is 9.21 Å². The number of rotatable bonds is 6. The van der Waals surface area contributed by atoms with Gasteiger partial charge in [0.2, 0.25) is 5.91 Å². The van der Waals surface area contributed by atoms with E-state index >= 15 is 0 Å². The van der Waals surface area contributed by atoms with Crippen LogP contribution in [0.25, 0.3) is 11.1 Å². The third-order valence-electron chi connectivity index (χ3n) is 4.97. The topological polar surface area (TPSA) is 73.4 Å². The standard InChI is InChI=1S/C20H26N4O2/c1-3-24(12-15(2)11-21)19(25)14-23-10-6-7-16(13-23)20-22-17-8-4-5-9-18(17)26-20/h4-5,8-9,15-16H,3,6-7,10,12-14H2,1-2H3. The molecule has 0 spiro atoms. The number of fused-ring (bicyclic) bond motifs is 1. The largest absolute Gasteiger partial charge is 0.440 e. The van der Waals surface area contributed by atoms with Crippen molar-refractivity contribution in [1.82, 2.24) is 14.8 Å². The quantitative estimate of drug-likeness (QED) is 0.797. The fourth-order valence-corrected chi connectivity index (χ4v) is 3.54. The summed E-state index contributed by atoms with van der Waals surface area (Å²) in [6.07, 6.45) is 2.05. The van der Waals surface area contributed by atoms with Gasteiger partial charge in [0.05, 0.1) is 18.5 Å². The molecule has 1 saturated heterocycles. The van der Waals surface area contributed by atoms with Crippen molar-refractivity contribution in [3.8, 4) is 6.07 Å².